The van der Waals surface area contributed by atoms with Crippen molar-refractivity contribution in [2.45, 2.75) is 6.92 Å². The zero-order valence-electron chi connectivity index (χ0n) is 10.5. The van der Waals surface area contributed by atoms with Gasteiger partial charge in [-0.2, -0.15) is 4.98 Å². The SMILES string of the molecule is Cc1ccnc2nc(C(=O)Nc3cccc(Cl)c3)nn12. The minimum atomic E-state index is -0.405. The molecule has 0 aliphatic heterocycles. The van der Waals surface area contributed by atoms with Crippen LogP contribution < -0.4 is 5.32 Å². The van der Waals surface area contributed by atoms with Crippen LogP contribution in [-0.4, -0.2) is 25.5 Å². The molecule has 20 heavy (non-hydrogen) atoms. The highest BCUT2D eigenvalue weighted by Crippen LogP contribution is 2.15. The molecule has 0 aliphatic carbocycles. The Morgan fingerprint density at radius 3 is 2.95 bits per heavy atom. The number of halogens is 1. The van der Waals surface area contributed by atoms with Gasteiger partial charge in [0.2, 0.25) is 5.82 Å². The molecule has 0 radical (unpaired) electrons. The number of hydrogen-bond donors (Lipinski definition) is 1. The third-order valence-corrected chi connectivity index (χ3v) is 2.95. The molecule has 7 heteroatoms. The van der Waals surface area contributed by atoms with Gasteiger partial charge < -0.3 is 5.32 Å². The standard InChI is InChI=1S/C13H10ClN5O/c1-8-5-6-15-13-17-11(18-19(8)13)12(20)16-10-4-2-3-9(14)7-10/h2-7H,1H3,(H,16,20). The molecule has 1 aromatic carbocycles. The van der Waals surface area contributed by atoms with Crippen molar-refractivity contribution in [3.63, 3.8) is 0 Å². The van der Waals surface area contributed by atoms with Crippen LogP contribution in [0.2, 0.25) is 5.02 Å². The summed E-state index contributed by atoms with van der Waals surface area (Å²) in [6.07, 6.45) is 1.62. The summed E-state index contributed by atoms with van der Waals surface area (Å²) in [4.78, 5) is 20.2. The van der Waals surface area contributed by atoms with Gasteiger partial charge in [0.15, 0.2) is 0 Å². The van der Waals surface area contributed by atoms with Crippen LogP contribution in [0.5, 0.6) is 0 Å². The lowest BCUT2D eigenvalue weighted by molar-refractivity contribution is 0.101. The third-order valence-electron chi connectivity index (χ3n) is 2.72. The van der Waals surface area contributed by atoms with Crippen LogP contribution in [0.1, 0.15) is 16.3 Å². The maximum absolute atomic E-state index is 12.1. The van der Waals surface area contributed by atoms with Crippen molar-refractivity contribution >= 4 is 29.0 Å². The number of nitrogens with zero attached hydrogens (tertiary/aromatic N) is 4. The van der Waals surface area contributed by atoms with E-state index in [9.17, 15) is 4.79 Å². The number of benzene rings is 1. The predicted molar refractivity (Wildman–Crippen MR) is 74.9 cm³/mol. The van der Waals surface area contributed by atoms with Crippen LogP contribution in [0.3, 0.4) is 0 Å². The highest BCUT2D eigenvalue weighted by atomic mass is 35.5. The summed E-state index contributed by atoms with van der Waals surface area (Å²) in [6, 6.07) is 8.66. The molecule has 0 bridgehead atoms. The first-order valence-electron chi connectivity index (χ1n) is 5.89. The summed E-state index contributed by atoms with van der Waals surface area (Å²) < 4.78 is 1.52. The smallest absolute Gasteiger partial charge is 0.295 e. The molecule has 0 atom stereocenters. The van der Waals surface area contributed by atoms with Crippen LogP contribution in [0, 0.1) is 6.92 Å². The molecule has 2 heterocycles. The highest BCUT2D eigenvalue weighted by Gasteiger charge is 2.14. The maximum Gasteiger partial charge on any atom is 0.295 e. The number of carbonyl (C=O) groups excluding carboxylic acids is 1. The molecule has 0 fully saturated rings. The molecule has 6 nitrogen and oxygen atoms in total. The molecule has 1 amide bonds. The van der Waals surface area contributed by atoms with Gasteiger partial charge in [0.05, 0.1) is 0 Å². The fourth-order valence-corrected chi connectivity index (χ4v) is 1.95. The number of fused-ring (bicyclic) bond motifs is 1. The van der Waals surface area contributed by atoms with Gasteiger partial charge in [-0.1, -0.05) is 17.7 Å². The maximum atomic E-state index is 12.1. The van der Waals surface area contributed by atoms with E-state index in [-0.39, 0.29) is 5.82 Å². The fourth-order valence-electron chi connectivity index (χ4n) is 1.76. The Balaban J connectivity index is 1.91. The second kappa shape index (κ2) is 4.90. The molecule has 0 saturated heterocycles. The first-order chi connectivity index (χ1) is 9.63. The Labute approximate surface area is 119 Å². The summed E-state index contributed by atoms with van der Waals surface area (Å²) in [5, 5.41) is 7.36. The van der Waals surface area contributed by atoms with Crippen LogP contribution in [-0.2, 0) is 0 Å². The Morgan fingerprint density at radius 2 is 2.20 bits per heavy atom. The Morgan fingerprint density at radius 1 is 1.35 bits per heavy atom. The molecule has 1 N–H and O–H groups in total. The minimum Gasteiger partial charge on any atom is -0.319 e. The summed E-state index contributed by atoms with van der Waals surface area (Å²) >= 11 is 5.86. The molecule has 0 saturated carbocycles. The summed E-state index contributed by atoms with van der Waals surface area (Å²) in [5.41, 5.74) is 1.44. The number of amides is 1. The van der Waals surface area contributed by atoms with Crippen molar-refractivity contribution in [1.29, 1.82) is 0 Å². The lowest BCUT2D eigenvalue weighted by Crippen LogP contribution is -2.14. The second-order valence-corrected chi connectivity index (χ2v) is 4.63. The molecule has 0 spiro atoms. The lowest BCUT2D eigenvalue weighted by Gasteiger charge is -2.02. The molecule has 3 rings (SSSR count). The van der Waals surface area contributed by atoms with Gasteiger partial charge in [-0.05, 0) is 31.2 Å². The van der Waals surface area contributed by atoms with Gasteiger partial charge in [0.25, 0.3) is 11.7 Å². The van der Waals surface area contributed by atoms with Crippen LogP contribution in [0.15, 0.2) is 36.5 Å². The molecule has 2 aromatic heterocycles. The molecule has 3 aromatic rings. The van der Waals surface area contributed by atoms with Crippen LogP contribution in [0.4, 0.5) is 5.69 Å². The number of rotatable bonds is 2. The van der Waals surface area contributed by atoms with E-state index < -0.39 is 5.91 Å². The van der Waals surface area contributed by atoms with Crippen molar-refractivity contribution in [1.82, 2.24) is 19.6 Å². The number of aromatic nitrogens is 4. The van der Waals surface area contributed by atoms with Gasteiger partial charge in [0, 0.05) is 22.6 Å². The van der Waals surface area contributed by atoms with Crippen molar-refractivity contribution in [2.24, 2.45) is 0 Å². The van der Waals surface area contributed by atoms with Gasteiger partial charge in [-0.3, -0.25) is 4.79 Å². The van der Waals surface area contributed by atoms with Gasteiger partial charge in [-0.25, -0.2) is 9.50 Å². The number of nitrogens with one attached hydrogen (secondary N) is 1. The molecular formula is C13H10ClN5O. The van der Waals surface area contributed by atoms with E-state index in [0.717, 1.165) is 5.69 Å². The number of carbonyl (C=O) groups is 1. The zero-order valence-corrected chi connectivity index (χ0v) is 11.3. The average molecular weight is 288 g/mol. The summed E-state index contributed by atoms with van der Waals surface area (Å²) in [6.45, 7) is 1.86. The Hall–Kier alpha value is -2.47. The molecule has 0 aliphatic rings. The third kappa shape index (κ3) is 2.33. The van der Waals surface area contributed by atoms with E-state index in [1.165, 1.54) is 4.52 Å². The summed E-state index contributed by atoms with van der Waals surface area (Å²) in [7, 11) is 0. The Kier molecular flexibility index (Phi) is 3.08. The quantitative estimate of drug-likeness (QED) is 0.785. The zero-order chi connectivity index (χ0) is 14.1. The Bertz CT molecular complexity index is 798. The van der Waals surface area contributed by atoms with Crippen LogP contribution in [0.25, 0.3) is 5.78 Å². The van der Waals surface area contributed by atoms with Gasteiger partial charge >= 0.3 is 0 Å². The monoisotopic (exact) mass is 287 g/mol. The molecule has 100 valence electrons. The number of hydrogen-bond acceptors (Lipinski definition) is 4. The van der Waals surface area contributed by atoms with E-state index in [2.05, 4.69) is 20.4 Å². The van der Waals surface area contributed by atoms with E-state index in [0.29, 0.717) is 16.5 Å². The van der Waals surface area contributed by atoms with Crippen LogP contribution >= 0.6 is 11.6 Å². The van der Waals surface area contributed by atoms with E-state index in [1.54, 1.807) is 36.5 Å². The van der Waals surface area contributed by atoms with Crippen molar-refractivity contribution < 1.29 is 4.79 Å². The predicted octanol–water partition coefficient (Wildman–Crippen LogP) is 2.34. The van der Waals surface area contributed by atoms with Crippen molar-refractivity contribution in [3.05, 3.63) is 53.1 Å². The first kappa shape index (κ1) is 12.6. The molecule has 0 unspecified atom stereocenters. The topological polar surface area (TPSA) is 72.2 Å². The van der Waals surface area contributed by atoms with Crippen molar-refractivity contribution in [3.8, 4) is 0 Å². The van der Waals surface area contributed by atoms with Gasteiger partial charge in [0.1, 0.15) is 0 Å². The highest BCUT2D eigenvalue weighted by molar-refractivity contribution is 6.30. The fraction of sp³-hybridized carbons (Fsp3) is 0.0769. The largest absolute Gasteiger partial charge is 0.319 e. The molecular weight excluding hydrogens is 278 g/mol. The number of aryl methyl sites for hydroxylation is 1. The lowest BCUT2D eigenvalue weighted by atomic mass is 10.3. The average Bonchev–Trinajstić information content (AvgIpc) is 2.84. The minimum absolute atomic E-state index is 0.0618. The normalized spacial score (nSPS) is 10.7. The van der Waals surface area contributed by atoms with E-state index >= 15 is 0 Å². The second-order valence-electron chi connectivity index (χ2n) is 4.20. The van der Waals surface area contributed by atoms with E-state index in [4.69, 9.17) is 11.6 Å². The van der Waals surface area contributed by atoms with E-state index in [1.807, 2.05) is 6.92 Å². The van der Waals surface area contributed by atoms with Gasteiger partial charge in [-0.15, -0.1) is 5.10 Å². The number of anilines is 1. The summed E-state index contributed by atoms with van der Waals surface area (Å²) in [5.74, 6) is 0.0465. The van der Waals surface area contributed by atoms with Crippen molar-refractivity contribution in [2.75, 3.05) is 5.32 Å². The first-order valence-corrected chi connectivity index (χ1v) is 6.26.